The van der Waals surface area contributed by atoms with Gasteiger partial charge in [0.05, 0.1) is 5.69 Å². The number of nitrogens with one attached hydrogen (secondary N) is 1. The highest BCUT2D eigenvalue weighted by Gasteiger charge is 2.06. The Kier molecular flexibility index (Phi) is 4.71. The van der Waals surface area contributed by atoms with Crippen LogP contribution in [0, 0.1) is 12.8 Å². The van der Waals surface area contributed by atoms with E-state index in [9.17, 15) is 0 Å². The molecule has 2 rings (SSSR count). The molecule has 2 heterocycles. The lowest BCUT2D eigenvalue weighted by atomic mass is 10.0. The van der Waals surface area contributed by atoms with Crippen molar-refractivity contribution in [3.8, 4) is 5.82 Å². The van der Waals surface area contributed by atoms with E-state index < -0.39 is 0 Å². The average Bonchev–Trinajstić information content (AvgIpc) is 2.84. The summed E-state index contributed by atoms with van der Waals surface area (Å²) in [4.78, 5) is 0. The van der Waals surface area contributed by atoms with Gasteiger partial charge in [0.15, 0.2) is 5.82 Å². The molecule has 20 heavy (non-hydrogen) atoms. The average molecular weight is 273 g/mol. The second-order valence-corrected chi connectivity index (χ2v) is 5.70. The van der Waals surface area contributed by atoms with Gasteiger partial charge in [-0.05, 0) is 50.8 Å². The third-order valence-electron chi connectivity index (χ3n) is 3.18. The van der Waals surface area contributed by atoms with Gasteiger partial charge in [-0.25, -0.2) is 4.68 Å². The molecule has 0 saturated carbocycles. The molecule has 0 aromatic carbocycles. The Morgan fingerprint density at radius 2 is 1.90 bits per heavy atom. The van der Waals surface area contributed by atoms with E-state index in [1.807, 2.05) is 31.3 Å². The van der Waals surface area contributed by atoms with Gasteiger partial charge in [-0.3, -0.25) is 0 Å². The quantitative estimate of drug-likeness (QED) is 0.878. The predicted octanol–water partition coefficient (Wildman–Crippen LogP) is 3.21. The lowest BCUT2D eigenvalue weighted by Gasteiger charge is -2.15. The van der Waals surface area contributed by atoms with Crippen LogP contribution < -0.4 is 5.32 Å². The maximum atomic E-state index is 4.31. The van der Waals surface area contributed by atoms with Gasteiger partial charge in [-0.2, -0.15) is 5.10 Å². The first-order valence-corrected chi connectivity index (χ1v) is 7.17. The number of aryl methyl sites for hydroxylation is 1. The van der Waals surface area contributed by atoms with Crippen molar-refractivity contribution >= 4 is 5.82 Å². The summed E-state index contributed by atoms with van der Waals surface area (Å²) in [6.07, 6.45) is 4.24. The fourth-order valence-electron chi connectivity index (χ4n) is 1.98. The Labute approximate surface area is 120 Å². The summed E-state index contributed by atoms with van der Waals surface area (Å²) in [5.41, 5.74) is 0.969. The number of anilines is 1. The minimum Gasteiger partial charge on any atom is -0.366 e. The van der Waals surface area contributed by atoms with Crippen molar-refractivity contribution in [2.24, 2.45) is 5.92 Å². The van der Waals surface area contributed by atoms with Crippen molar-refractivity contribution in [2.75, 3.05) is 5.32 Å². The molecule has 2 aromatic rings. The molecule has 5 nitrogen and oxygen atoms in total. The van der Waals surface area contributed by atoms with Crippen LogP contribution in [-0.2, 0) is 0 Å². The highest BCUT2D eigenvalue weighted by molar-refractivity contribution is 5.36. The van der Waals surface area contributed by atoms with Crippen molar-refractivity contribution in [1.82, 2.24) is 20.0 Å². The largest absolute Gasteiger partial charge is 0.366 e. The van der Waals surface area contributed by atoms with Crippen molar-refractivity contribution < 1.29 is 0 Å². The summed E-state index contributed by atoms with van der Waals surface area (Å²) in [6, 6.07) is 6.23. The lowest BCUT2D eigenvalue weighted by Crippen LogP contribution is -2.17. The summed E-state index contributed by atoms with van der Waals surface area (Å²) in [7, 11) is 0. The van der Waals surface area contributed by atoms with Crippen molar-refractivity contribution in [3.05, 3.63) is 30.1 Å². The number of rotatable bonds is 6. The molecular weight excluding hydrogens is 250 g/mol. The molecule has 1 N–H and O–H groups in total. The van der Waals surface area contributed by atoms with Crippen LogP contribution in [0.25, 0.3) is 5.82 Å². The molecule has 0 aliphatic carbocycles. The standard InChI is InChI=1S/C15H23N5/c1-11(2)5-6-12(3)16-14-7-8-15(18-17-14)20-10-9-13(4)19-20/h7-12H,5-6H2,1-4H3,(H,16,17). The molecule has 1 unspecified atom stereocenters. The zero-order chi connectivity index (χ0) is 14.5. The summed E-state index contributed by atoms with van der Waals surface area (Å²) in [6.45, 7) is 8.62. The van der Waals surface area contributed by atoms with Crippen LogP contribution in [0.2, 0.25) is 0 Å². The third-order valence-corrected chi connectivity index (χ3v) is 3.18. The molecule has 0 aliphatic rings. The Morgan fingerprint density at radius 1 is 1.10 bits per heavy atom. The smallest absolute Gasteiger partial charge is 0.175 e. The van der Waals surface area contributed by atoms with E-state index in [4.69, 9.17) is 0 Å². The minimum absolute atomic E-state index is 0.407. The Morgan fingerprint density at radius 3 is 2.45 bits per heavy atom. The second kappa shape index (κ2) is 6.50. The fourth-order valence-corrected chi connectivity index (χ4v) is 1.98. The predicted molar refractivity (Wildman–Crippen MR) is 81.0 cm³/mol. The monoisotopic (exact) mass is 273 g/mol. The van der Waals surface area contributed by atoms with Gasteiger partial charge >= 0.3 is 0 Å². The molecular formula is C15H23N5. The van der Waals surface area contributed by atoms with Gasteiger partial charge in [0.1, 0.15) is 5.82 Å². The summed E-state index contributed by atoms with van der Waals surface area (Å²) < 4.78 is 1.73. The van der Waals surface area contributed by atoms with Crippen LogP contribution >= 0.6 is 0 Å². The van der Waals surface area contributed by atoms with Gasteiger partial charge in [-0.1, -0.05) is 13.8 Å². The first-order valence-electron chi connectivity index (χ1n) is 7.17. The normalized spacial score (nSPS) is 12.7. The van der Waals surface area contributed by atoms with E-state index in [2.05, 4.69) is 41.4 Å². The summed E-state index contributed by atoms with van der Waals surface area (Å²) in [5.74, 6) is 2.28. The zero-order valence-electron chi connectivity index (χ0n) is 12.7. The molecule has 0 fully saturated rings. The summed E-state index contributed by atoms with van der Waals surface area (Å²) >= 11 is 0. The Hall–Kier alpha value is -1.91. The maximum Gasteiger partial charge on any atom is 0.175 e. The third kappa shape index (κ3) is 4.05. The molecule has 0 bridgehead atoms. The number of hydrogen-bond acceptors (Lipinski definition) is 4. The van der Waals surface area contributed by atoms with E-state index >= 15 is 0 Å². The minimum atomic E-state index is 0.407. The highest BCUT2D eigenvalue weighted by Crippen LogP contribution is 2.12. The van der Waals surface area contributed by atoms with Gasteiger partial charge in [0.25, 0.3) is 0 Å². The molecule has 0 spiro atoms. The van der Waals surface area contributed by atoms with Crippen molar-refractivity contribution in [1.29, 1.82) is 0 Å². The first-order chi connectivity index (χ1) is 9.54. The topological polar surface area (TPSA) is 55.6 Å². The van der Waals surface area contributed by atoms with Gasteiger partial charge in [0, 0.05) is 12.2 Å². The second-order valence-electron chi connectivity index (χ2n) is 5.70. The Bertz CT molecular complexity index is 529. The number of hydrogen-bond donors (Lipinski definition) is 1. The molecule has 0 saturated heterocycles. The van der Waals surface area contributed by atoms with E-state index in [1.54, 1.807) is 4.68 Å². The van der Waals surface area contributed by atoms with E-state index in [0.29, 0.717) is 6.04 Å². The van der Waals surface area contributed by atoms with Gasteiger partial charge < -0.3 is 5.32 Å². The van der Waals surface area contributed by atoms with E-state index in [-0.39, 0.29) is 0 Å². The van der Waals surface area contributed by atoms with E-state index in [0.717, 1.165) is 29.7 Å². The van der Waals surface area contributed by atoms with Gasteiger partial charge in [-0.15, -0.1) is 10.2 Å². The molecule has 2 aromatic heterocycles. The fraction of sp³-hybridized carbons (Fsp3) is 0.533. The van der Waals surface area contributed by atoms with Crippen LogP contribution in [0.15, 0.2) is 24.4 Å². The number of aromatic nitrogens is 4. The maximum absolute atomic E-state index is 4.31. The molecule has 0 amide bonds. The lowest BCUT2D eigenvalue weighted by molar-refractivity contribution is 0.527. The van der Waals surface area contributed by atoms with Crippen LogP contribution in [0.4, 0.5) is 5.82 Å². The molecule has 0 radical (unpaired) electrons. The molecule has 5 heteroatoms. The Balaban J connectivity index is 1.94. The van der Waals surface area contributed by atoms with Gasteiger partial charge in [0.2, 0.25) is 0 Å². The molecule has 1 atom stereocenters. The van der Waals surface area contributed by atoms with Crippen LogP contribution in [0.3, 0.4) is 0 Å². The van der Waals surface area contributed by atoms with Crippen LogP contribution in [0.1, 0.15) is 39.3 Å². The highest BCUT2D eigenvalue weighted by atomic mass is 15.3. The van der Waals surface area contributed by atoms with Crippen molar-refractivity contribution in [3.63, 3.8) is 0 Å². The molecule has 0 aliphatic heterocycles. The molecule has 108 valence electrons. The summed E-state index contributed by atoms with van der Waals surface area (Å²) in [5, 5.41) is 16.1. The number of nitrogens with zero attached hydrogens (tertiary/aromatic N) is 4. The van der Waals surface area contributed by atoms with E-state index in [1.165, 1.54) is 6.42 Å². The van der Waals surface area contributed by atoms with Crippen LogP contribution in [0.5, 0.6) is 0 Å². The van der Waals surface area contributed by atoms with Crippen LogP contribution in [-0.4, -0.2) is 26.0 Å². The first kappa shape index (κ1) is 14.5. The zero-order valence-corrected chi connectivity index (χ0v) is 12.7. The van der Waals surface area contributed by atoms with Crippen molar-refractivity contribution in [2.45, 2.75) is 46.6 Å². The SMILES string of the molecule is Cc1ccn(-c2ccc(NC(C)CCC(C)C)nn2)n1.